The summed E-state index contributed by atoms with van der Waals surface area (Å²) >= 11 is 3.36. The number of carbonyl (C=O) groups is 1. The number of hydrogen-bond acceptors (Lipinski definition) is 2. The standard InChI is InChI=1S/C14H20BrNO2/c1-10(2)16(11(3)4)14(17)9-18-13-7-5-12(15)6-8-13/h5-8,10-11H,9H2,1-4H3. The molecule has 18 heavy (non-hydrogen) atoms. The van der Waals surface area contributed by atoms with Crippen LogP contribution < -0.4 is 4.74 Å². The molecule has 0 bridgehead atoms. The first kappa shape index (κ1) is 15.0. The van der Waals surface area contributed by atoms with E-state index in [2.05, 4.69) is 15.9 Å². The summed E-state index contributed by atoms with van der Waals surface area (Å²) in [7, 11) is 0. The van der Waals surface area contributed by atoms with E-state index in [4.69, 9.17) is 4.74 Å². The van der Waals surface area contributed by atoms with Crippen LogP contribution in [0.15, 0.2) is 28.7 Å². The third-order valence-corrected chi connectivity index (χ3v) is 3.11. The first-order chi connectivity index (χ1) is 8.41. The zero-order chi connectivity index (χ0) is 13.7. The Morgan fingerprint density at radius 1 is 1.17 bits per heavy atom. The first-order valence-corrected chi connectivity index (χ1v) is 6.90. The summed E-state index contributed by atoms with van der Waals surface area (Å²) in [4.78, 5) is 13.9. The van der Waals surface area contributed by atoms with Gasteiger partial charge < -0.3 is 9.64 Å². The number of ether oxygens (including phenoxy) is 1. The van der Waals surface area contributed by atoms with Gasteiger partial charge in [0.2, 0.25) is 0 Å². The molecule has 0 saturated heterocycles. The van der Waals surface area contributed by atoms with E-state index < -0.39 is 0 Å². The number of halogens is 1. The Bertz CT molecular complexity index is 379. The molecule has 4 heteroatoms. The zero-order valence-corrected chi connectivity index (χ0v) is 12.9. The minimum Gasteiger partial charge on any atom is -0.484 e. The lowest BCUT2D eigenvalue weighted by atomic mass is 10.2. The molecule has 0 aliphatic rings. The van der Waals surface area contributed by atoms with Crippen LogP contribution in [0.2, 0.25) is 0 Å². The molecule has 0 fully saturated rings. The number of hydrogen-bond donors (Lipinski definition) is 0. The van der Waals surface area contributed by atoms with Crippen LogP contribution in [0.3, 0.4) is 0 Å². The fourth-order valence-electron chi connectivity index (χ4n) is 1.92. The molecule has 0 radical (unpaired) electrons. The largest absolute Gasteiger partial charge is 0.484 e. The molecule has 0 aliphatic heterocycles. The maximum absolute atomic E-state index is 12.1. The van der Waals surface area contributed by atoms with Crippen LogP contribution in [0.1, 0.15) is 27.7 Å². The van der Waals surface area contributed by atoms with Crippen LogP contribution in [0, 0.1) is 0 Å². The van der Waals surface area contributed by atoms with E-state index in [1.54, 1.807) is 0 Å². The first-order valence-electron chi connectivity index (χ1n) is 6.11. The highest BCUT2D eigenvalue weighted by molar-refractivity contribution is 9.10. The summed E-state index contributed by atoms with van der Waals surface area (Å²) < 4.78 is 6.48. The maximum atomic E-state index is 12.1. The number of benzene rings is 1. The molecule has 1 amide bonds. The number of nitrogens with zero attached hydrogens (tertiary/aromatic N) is 1. The van der Waals surface area contributed by atoms with Gasteiger partial charge in [0.15, 0.2) is 6.61 Å². The Kier molecular flexibility index (Phi) is 5.66. The van der Waals surface area contributed by atoms with E-state index in [0.717, 1.165) is 4.47 Å². The normalized spacial score (nSPS) is 10.8. The van der Waals surface area contributed by atoms with Crippen molar-refractivity contribution >= 4 is 21.8 Å². The fraction of sp³-hybridized carbons (Fsp3) is 0.500. The van der Waals surface area contributed by atoms with E-state index in [1.807, 2.05) is 56.9 Å². The summed E-state index contributed by atoms with van der Waals surface area (Å²) in [6.45, 7) is 8.13. The van der Waals surface area contributed by atoms with E-state index in [9.17, 15) is 4.79 Å². The van der Waals surface area contributed by atoms with Gasteiger partial charge in [-0.1, -0.05) is 15.9 Å². The van der Waals surface area contributed by atoms with Gasteiger partial charge in [0, 0.05) is 16.6 Å². The molecule has 1 aromatic carbocycles. The Balaban J connectivity index is 2.57. The highest BCUT2D eigenvalue weighted by Gasteiger charge is 2.20. The summed E-state index contributed by atoms with van der Waals surface area (Å²) in [5, 5.41) is 0. The monoisotopic (exact) mass is 313 g/mol. The van der Waals surface area contributed by atoms with Gasteiger partial charge in [0.1, 0.15) is 5.75 Å². The molecule has 0 spiro atoms. The van der Waals surface area contributed by atoms with Crippen LogP contribution in [0.5, 0.6) is 5.75 Å². The van der Waals surface area contributed by atoms with Gasteiger partial charge in [-0.3, -0.25) is 4.79 Å². The SMILES string of the molecule is CC(C)N(C(=O)COc1ccc(Br)cc1)C(C)C. The average molecular weight is 314 g/mol. The highest BCUT2D eigenvalue weighted by atomic mass is 79.9. The summed E-state index contributed by atoms with van der Waals surface area (Å²) in [5.74, 6) is 0.724. The maximum Gasteiger partial charge on any atom is 0.260 e. The lowest BCUT2D eigenvalue weighted by Gasteiger charge is -2.30. The molecule has 0 heterocycles. The number of rotatable bonds is 5. The van der Waals surface area contributed by atoms with Crippen molar-refractivity contribution in [1.29, 1.82) is 0 Å². The van der Waals surface area contributed by atoms with E-state index in [1.165, 1.54) is 0 Å². The molecule has 0 atom stereocenters. The van der Waals surface area contributed by atoms with Crippen molar-refractivity contribution in [1.82, 2.24) is 4.90 Å². The molecule has 0 saturated carbocycles. The van der Waals surface area contributed by atoms with E-state index >= 15 is 0 Å². The lowest BCUT2D eigenvalue weighted by Crippen LogP contribution is -2.44. The third-order valence-electron chi connectivity index (χ3n) is 2.58. The minimum absolute atomic E-state index is 0.0166. The van der Waals surface area contributed by atoms with Gasteiger partial charge >= 0.3 is 0 Å². The highest BCUT2D eigenvalue weighted by Crippen LogP contribution is 2.16. The third kappa shape index (κ3) is 4.33. The van der Waals surface area contributed by atoms with Crippen molar-refractivity contribution in [2.75, 3.05) is 6.61 Å². The fourth-order valence-corrected chi connectivity index (χ4v) is 2.19. The topological polar surface area (TPSA) is 29.5 Å². The van der Waals surface area contributed by atoms with Crippen LogP contribution in [0.4, 0.5) is 0 Å². The van der Waals surface area contributed by atoms with Gasteiger partial charge in [-0.05, 0) is 52.0 Å². The Labute approximate surface area is 117 Å². The summed E-state index contributed by atoms with van der Waals surface area (Å²) in [6.07, 6.45) is 0. The van der Waals surface area contributed by atoms with Gasteiger partial charge in [0.25, 0.3) is 5.91 Å². The van der Waals surface area contributed by atoms with Crippen LogP contribution >= 0.6 is 15.9 Å². The molecule has 1 rings (SSSR count). The second kappa shape index (κ2) is 6.78. The van der Waals surface area contributed by atoms with Crippen molar-refractivity contribution in [2.45, 2.75) is 39.8 Å². The zero-order valence-electron chi connectivity index (χ0n) is 11.3. The minimum atomic E-state index is 0.0166. The quantitative estimate of drug-likeness (QED) is 0.833. The van der Waals surface area contributed by atoms with Crippen molar-refractivity contribution in [3.63, 3.8) is 0 Å². The second-order valence-corrected chi connectivity index (χ2v) is 5.65. The molecule has 0 aliphatic carbocycles. The molecule has 3 nitrogen and oxygen atoms in total. The average Bonchev–Trinajstić information content (AvgIpc) is 2.27. The predicted octanol–water partition coefficient (Wildman–Crippen LogP) is 3.47. The van der Waals surface area contributed by atoms with Gasteiger partial charge in [-0.15, -0.1) is 0 Å². The van der Waals surface area contributed by atoms with Crippen LogP contribution in [0.25, 0.3) is 0 Å². The Hall–Kier alpha value is -1.03. The number of amides is 1. The van der Waals surface area contributed by atoms with Crippen LogP contribution in [-0.4, -0.2) is 29.5 Å². The predicted molar refractivity (Wildman–Crippen MR) is 76.8 cm³/mol. The molecular weight excluding hydrogens is 294 g/mol. The molecule has 0 unspecified atom stereocenters. The summed E-state index contributed by atoms with van der Waals surface area (Å²) in [6, 6.07) is 7.83. The molecule has 1 aromatic rings. The van der Waals surface area contributed by atoms with Crippen LogP contribution in [-0.2, 0) is 4.79 Å². The van der Waals surface area contributed by atoms with Gasteiger partial charge in [-0.25, -0.2) is 0 Å². The van der Waals surface area contributed by atoms with Crippen molar-refractivity contribution in [3.05, 3.63) is 28.7 Å². The molecular formula is C14H20BrNO2. The van der Waals surface area contributed by atoms with Gasteiger partial charge in [-0.2, -0.15) is 0 Å². The van der Waals surface area contributed by atoms with Crippen molar-refractivity contribution in [2.24, 2.45) is 0 Å². The number of carbonyl (C=O) groups excluding carboxylic acids is 1. The Morgan fingerprint density at radius 3 is 2.11 bits per heavy atom. The van der Waals surface area contributed by atoms with E-state index in [-0.39, 0.29) is 24.6 Å². The second-order valence-electron chi connectivity index (χ2n) is 4.73. The molecule has 0 aromatic heterocycles. The molecule has 100 valence electrons. The lowest BCUT2D eigenvalue weighted by molar-refractivity contribution is -0.136. The van der Waals surface area contributed by atoms with Crippen molar-refractivity contribution in [3.8, 4) is 5.75 Å². The summed E-state index contributed by atoms with van der Waals surface area (Å²) in [5.41, 5.74) is 0. The Morgan fingerprint density at radius 2 is 1.67 bits per heavy atom. The smallest absolute Gasteiger partial charge is 0.260 e. The molecule has 0 N–H and O–H groups in total. The van der Waals surface area contributed by atoms with E-state index in [0.29, 0.717) is 5.75 Å². The van der Waals surface area contributed by atoms with Gasteiger partial charge in [0.05, 0.1) is 0 Å². The van der Waals surface area contributed by atoms with Crippen molar-refractivity contribution < 1.29 is 9.53 Å².